The number of H-pyrrole nitrogens is 4. The molecule has 0 spiro atoms. The predicted octanol–water partition coefficient (Wildman–Crippen LogP) is 32.3. The summed E-state index contributed by atoms with van der Waals surface area (Å²) in [6.45, 7) is 69.6. The van der Waals surface area contributed by atoms with Gasteiger partial charge < -0.3 is 25.0 Å². The molecule has 0 fully saturated rings. The number of fused-ring (bicyclic) bond motifs is 14. The fourth-order valence-electron chi connectivity index (χ4n) is 18.9. The summed E-state index contributed by atoms with van der Waals surface area (Å²) >= 11 is 0. The van der Waals surface area contributed by atoms with E-state index in [4.69, 9.17) is 19.9 Å². The smallest absolute Gasteiger partial charge is 0.335 e. The summed E-state index contributed by atoms with van der Waals surface area (Å²) in [7, 11) is 0. The number of aromatic carboxylic acids is 1. The van der Waals surface area contributed by atoms with Crippen molar-refractivity contribution in [2.45, 2.75) is 262 Å². The van der Waals surface area contributed by atoms with E-state index in [1.165, 1.54) is 55.6 Å². The second kappa shape index (κ2) is 28.7. The lowest BCUT2D eigenvalue weighted by Gasteiger charge is -2.26. The fourth-order valence-corrected chi connectivity index (χ4v) is 18.9. The normalized spacial score (nSPS) is 13.7. The summed E-state index contributed by atoms with van der Waals surface area (Å²) in [6.07, 6.45) is 8.87. The third kappa shape index (κ3) is 15.3. The fraction of sp³-hybridized carbons (Fsp3) is 0.342. The predicted molar refractivity (Wildman–Crippen MR) is 543 cm³/mol. The lowest BCUT2D eigenvalue weighted by molar-refractivity contribution is 0.0696. The highest BCUT2D eigenvalue weighted by Crippen LogP contribution is 2.52. The van der Waals surface area contributed by atoms with Crippen molar-refractivity contribution >= 4 is 129 Å². The van der Waals surface area contributed by atoms with Crippen LogP contribution in [0.5, 0.6) is 0 Å². The lowest BCUT2D eigenvalue weighted by atomic mass is 9.78. The number of aromatic nitrogens is 8. The van der Waals surface area contributed by atoms with Crippen LogP contribution in [0.4, 0.5) is 0 Å². The van der Waals surface area contributed by atoms with Crippen molar-refractivity contribution in [3.63, 3.8) is 0 Å². The third-order valence-electron chi connectivity index (χ3n) is 27.0. The van der Waals surface area contributed by atoms with Gasteiger partial charge in [0.2, 0.25) is 0 Å². The summed E-state index contributed by atoms with van der Waals surface area (Å²) in [5.41, 5.74) is 35.5. The van der Waals surface area contributed by atoms with E-state index >= 15 is 0 Å². The Morgan fingerprint density at radius 2 is 0.465 bits per heavy atom. The molecule has 16 bridgehead atoms. The molecule has 0 atom stereocenters. The Kier molecular flexibility index (Phi) is 19.4. The van der Waals surface area contributed by atoms with Gasteiger partial charge in [0.1, 0.15) is 0 Å². The molecule has 0 saturated carbocycles. The minimum atomic E-state index is -0.994. The molecule has 0 unspecified atom stereocenters. The number of hydrogen-bond donors (Lipinski definition) is 5. The van der Waals surface area contributed by atoms with Gasteiger partial charge in [-0.3, -0.25) is 0 Å². The van der Waals surface area contributed by atoms with Gasteiger partial charge in [-0.2, -0.15) is 0 Å². The SMILES string of the molecule is CC(C)(C)c1cc(-c2c3nc(c(-c4cc(C(C)(C)C)cc(C(C)(C)C)c4)c4cc5c6cc7[nH]c6c6c8nc(cc8c8cc(nc8c6c5[nH]4)c(-c4cc(C(C)(C)C)cc(C(C)(C)C)c4)c4ccc2[nH]4)c(-c2cc(C(C)(C)C)cc(C(C)(C)C)c2)c2ccc([nH]2)c(-c2ccc(C(=O)O)cc2)c2nc(c7-c4cc(C(C)(C)C)cc(C(C)(C)C)c4)C=C2)C=C3)cc(C(C)(C)C)c1. The first-order chi connectivity index (χ1) is 59.0. The molecule has 646 valence electrons. The molecule has 8 aromatic carbocycles. The number of carboxylic acid groups (broad SMARTS) is 1. The quantitative estimate of drug-likeness (QED) is 0.107. The molecule has 8 aromatic heterocycles. The highest BCUT2D eigenvalue weighted by Gasteiger charge is 2.34. The Bertz CT molecular complexity index is 7390. The van der Waals surface area contributed by atoms with E-state index in [0.29, 0.717) is 0 Å². The molecule has 2 aliphatic heterocycles. The van der Waals surface area contributed by atoms with Crippen molar-refractivity contribution in [3.05, 3.63) is 248 Å². The summed E-state index contributed by atoms with van der Waals surface area (Å²) in [5.74, 6) is -0.994. The van der Waals surface area contributed by atoms with Gasteiger partial charge in [-0.05, 0) is 228 Å². The van der Waals surface area contributed by atoms with Gasteiger partial charge in [-0.25, -0.2) is 24.7 Å². The van der Waals surface area contributed by atoms with Crippen molar-refractivity contribution in [2.75, 3.05) is 0 Å². The van der Waals surface area contributed by atoms with E-state index in [0.717, 1.165) is 188 Å². The van der Waals surface area contributed by atoms with E-state index in [-0.39, 0.29) is 59.7 Å². The number of aromatic amines is 4. The monoisotopic (exact) mass is 1680 g/mol. The number of nitrogens with zero attached hydrogens (tertiary/aromatic N) is 4. The number of carbonyl (C=O) groups is 1. The molecule has 10 heteroatoms. The van der Waals surface area contributed by atoms with Gasteiger partial charge in [0.15, 0.2) is 0 Å². The molecule has 5 N–H and O–H groups in total. The molecule has 0 amide bonds. The number of carboxylic acids is 1. The Balaban J connectivity index is 1.16. The van der Waals surface area contributed by atoms with E-state index in [2.05, 4.69) is 391 Å². The van der Waals surface area contributed by atoms with E-state index in [1.54, 1.807) is 12.1 Å². The van der Waals surface area contributed by atoms with Crippen LogP contribution in [0.1, 0.15) is 296 Å². The standard InChI is InChI=1S/C117H126N8O2/c1-108(2,3)69-43-64(44-70(53-69)109(4,5)6)96-85-37-41-89(120-85)99(67-49-75(114(19,20)21)56-76(50-67)115(22,23)24)93-60-81-79-58-91-97(65-45-71(110(7,8)9)54-72(46-65)111(10,11)12)87-39-35-83(118-87)95(62-31-33-63(34-32-62)107(126)127)84-36-40-88(119-84)98(66-47-73(112(13,14)15)55-74(48-66)113(16,17)18)92-59-80-82-61-94(125-106(82)102(105(81)124-93)101(103(79)122-91)104(80)123-92)100(90-42-38-86(96)121-90)68-51-77(116(25,26)27)57-78(52-68)117(28,29)30/h31-61,118,120,123,125H,1-30H3,(H,126,127). The van der Waals surface area contributed by atoms with E-state index in [1.807, 2.05) is 12.1 Å². The van der Waals surface area contributed by atoms with Gasteiger partial charge in [-0.1, -0.05) is 311 Å². The maximum absolute atomic E-state index is 12.8. The first-order valence-corrected chi connectivity index (χ1v) is 45.7. The lowest BCUT2D eigenvalue weighted by Crippen LogP contribution is -2.16. The third-order valence-corrected chi connectivity index (χ3v) is 27.0. The summed E-state index contributed by atoms with van der Waals surface area (Å²) in [6, 6.07) is 62.0. The van der Waals surface area contributed by atoms with Crippen molar-refractivity contribution in [3.8, 4) is 66.8 Å². The molecule has 0 saturated heterocycles. The van der Waals surface area contributed by atoms with Crippen LogP contribution >= 0.6 is 0 Å². The maximum atomic E-state index is 12.8. The summed E-state index contributed by atoms with van der Waals surface area (Å²) in [4.78, 5) is 54.9. The zero-order valence-corrected chi connectivity index (χ0v) is 80.5. The minimum Gasteiger partial charge on any atom is -0.478 e. The number of nitrogens with one attached hydrogen (secondary N) is 4. The minimum absolute atomic E-state index is 0.194. The van der Waals surface area contributed by atoms with Crippen LogP contribution in [-0.4, -0.2) is 50.9 Å². The molecule has 18 rings (SSSR count). The molecule has 0 radical (unpaired) electrons. The van der Waals surface area contributed by atoms with E-state index < -0.39 is 5.97 Å². The first kappa shape index (κ1) is 85.8. The number of benzene rings is 8. The Morgan fingerprint density at radius 3 is 0.709 bits per heavy atom. The van der Waals surface area contributed by atoms with E-state index in [9.17, 15) is 9.90 Å². The number of rotatable bonds is 7. The number of hydrogen-bond acceptors (Lipinski definition) is 5. The first-order valence-electron chi connectivity index (χ1n) is 45.7. The average molecular weight is 1680 g/mol. The molecule has 127 heavy (non-hydrogen) atoms. The van der Waals surface area contributed by atoms with Crippen LogP contribution < -0.4 is 0 Å². The summed E-state index contributed by atoms with van der Waals surface area (Å²) in [5, 5.41) is 16.3. The van der Waals surface area contributed by atoms with Gasteiger partial charge in [0, 0.05) is 98.8 Å². The highest BCUT2D eigenvalue weighted by atomic mass is 16.4. The van der Waals surface area contributed by atoms with Crippen LogP contribution in [0.3, 0.4) is 0 Å². The van der Waals surface area contributed by atoms with Crippen LogP contribution in [0.25, 0.3) is 190 Å². The van der Waals surface area contributed by atoms with Gasteiger partial charge in [0.25, 0.3) is 0 Å². The molecule has 16 aromatic rings. The Labute approximate surface area is 750 Å². The van der Waals surface area contributed by atoms with Crippen molar-refractivity contribution in [1.29, 1.82) is 0 Å². The molecular weight excluding hydrogens is 1550 g/mol. The van der Waals surface area contributed by atoms with Crippen molar-refractivity contribution < 1.29 is 9.90 Å². The second-order valence-corrected chi connectivity index (χ2v) is 47.1. The van der Waals surface area contributed by atoms with Gasteiger partial charge in [0.05, 0.1) is 61.4 Å². The second-order valence-electron chi connectivity index (χ2n) is 47.1. The van der Waals surface area contributed by atoms with Crippen molar-refractivity contribution in [1.82, 2.24) is 39.9 Å². The molecule has 0 aliphatic carbocycles. The Morgan fingerprint density at radius 1 is 0.236 bits per heavy atom. The molecule has 2 aliphatic rings. The molecular formula is C117H126N8O2. The highest BCUT2D eigenvalue weighted by molar-refractivity contribution is 6.40. The van der Waals surface area contributed by atoms with Gasteiger partial charge in [-0.15, -0.1) is 0 Å². The largest absolute Gasteiger partial charge is 0.478 e. The zero-order valence-electron chi connectivity index (χ0n) is 80.5. The molecule has 10 nitrogen and oxygen atoms in total. The van der Waals surface area contributed by atoms with Crippen molar-refractivity contribution in [2.24, 2.45) is 0 Å². The van der Waals surface area contributed by atoms with Crippen LogP contribution in [0.2, 0.25) is 0 Å². The topological polar surface area (TPSA) is 152 Å². The van der Waals surface area contributed by atoms with Crippen LogP contribution in [0.15, 0.2) is 164 Å². The van der Waals surface area contributed by atoms with Crippen LogP contribution in [-0.2, 0) is 54.1 Å². The molecule has 10 heterocycles. The van der Waals surface area contributed by atoms with Gasteiger partial charge >= 0.3 is 5.97 Å². The van der Waals surface area contributed by atoms with Crippen LogP contribution in [0, 0.1) is 0 Å². The average Bonchev–Trinajstić information content (AvgIpc) is 1.53. The Hall–Kier alpha value is -12.0. The maximum Gasteiger partial charge on any atom is 0.335 e. The summed E-state index contributed by atoms with van der Waals surface area (Å²) < 4.78 is 0. The zero-order chi connectivity index (χ0) is 91.1.